The maximum Gasteiger partial charge on any atom is 0.310 e. The van der Waals surface area contributed by atoms with Crippen LogP contribution in [-0.2, 0) is 28.6 Å². The summed E-state index contributed by atoms with van der Waals surface area (Å²) in [4.78, 5) is 38.2. The molecule has 0 aliphatic carbocycles. The van der Waals surface area contributed by atoms with E-state index in [-0.39, 0.29) is 31.6 Å². The molecule has 6 heteroatoms. The van der Waals surface area contributed by atoms with Crippen LogP contribution in [0.3, 0.4) is 0 Å². The Balaban J connectivity index is 4.39. The topological polar surface area (TPSA) is 78.9 Å². The van der Waals surface area contributed by atoms with Gasteiger partial charge in [0.25, 0.3) is 0 Å². The summed E-state index contributed by atoms with van der Waals surface area (Å²) in [7, 11) is 0. The molecule has 0 amide bonds. The molecule has 6 nitrogen and oxygen atoms in total. The Morgan fingerprint density at radius 2 is 0.470 bits per heavy atom. The Bertz CT molecular complexity index is 2030. The first-order chi connectivity index (χ1) is 41.0. The van der Waals surface area contributed by atoms with Crippen LogP contribution in [0, 0.1) is 0 Å². The van der Waals surface area contributed by atoms with Crippen LogP contribution in [0.4, 0.5) is 0 Å². The van der Waals surface area contributed by atoms with Crippen LogP contribution in [0.2, 0.25) is 0 Å². The second-order valence-corrected chi connectivity index (χ2v) is 20.5. The summed E-state index contributed by atoms with van der Waals surface area (Å²) in [5.74, 6) is -1.11. The van der Waals surface area contributed by atoms with Crippen LogP contribution >= 0.6 is 0 Å². The van der Waals surface area contributed by atoms with Gasteiger partial charge in [-0.25, -0.2) is 0 Å². The van der Waals surface area contributed by atoms with Crippen molar-refractivity contribution in [2.24, 2.45) is 0 Å². The lowest BCUT2D eigenvalue weighted by atomic mass is 10.1. The number of rotatable bonds is 56. The number of hydrogen-bond donors (Lipinski definition) is 0. The molecular weight excluding hydrogens is 1020 g/mol. The van der Waals surface area contributed by atoms with E-state index in [2.05, 4.69) is 215 Å². The van der Waals surface area contributed by atoms with Gasteiger partial charge in [-0.15, -0.1) is 0 Å². The fourth-order valence-electron chi connectivity index (χ4n) is 8.05. The highest BCUT2D eigenvalue weighted by Crippen LogP contribution is 2.13. The van der Waals surface area contributed by atoms with Crippen molar-refractivity contribution in [2.45, 2.75) is 245 Å². The van der Waals surface area contributed by atoms with E-state index in [0.29, 0.717) is 19.3 Å². The zero-order valence-electron chi connectivity index (χ0n) is 52.6. The minimum atomic E-state index is -0.858. The van der Waals surface area contributed by atoms with E-state index in [1.54, 1.807) is 6.08 Å². The van der Waals surface area contributed by atoms with E-state index >= 15 is 0 Å². The van der Waals surface area contributed by atoms with Crippen molar-refractivity contribution >= 4 is 17.9 Å². The second-order valence-electron chi connectivity index (χ2n) is 20.5. The molecule has 0 aliphatic heterocycles. The first-order valence-corrected chi connectivity index (χ1v) is 32.6. The maximum atomic E-state index is 12.8. The van der Waals surface area contributed by atoms with Crippen LogP contribution in [0.5, 0.6) is 0 Å². The fourth-order valence-corrected chi connectivity index (χ4v) is 8.05. The predicted octanol–water partition coefficient (Wildman–Crippen LogP) is 22.8. The molecule has 0 saturated heterocycles. The summed E-state index contributed by atoms with van der Waals surface area (Å²) in [5, 5.41) is 0. The third-order valence-electron chi connectivity index (χ3n) is 12.8. The van der Waals surface area contributed by atoms with Gasteiger partial charge in [-0.2, -0.15) is 0 Å². The highest BCUT2D eigenvalue weighted by atomic mass is 16.6. The number of unbranched alkanes of at least 4 members (excludes halogenated alkanes) is 12. The van der Waals surface area contributed by atoms with Gasteiger partial charge in [0.15, 0.2) is 6.10 Å². The van der Waals surface area contributed by atoms with Gasteiger partial charge in [0.05, 0.1) is 6.42 Å². The zero-order valence-corrected chi connectivity index (χ0v) is 52.6. The Labute approximate surface area is 509 Å². The number of carbonyl (C=O) groups excluding carboxylic acids is 3. The standard InChI is InChI=1S/C77H116O6/c1-4-7-10-13-16-19-22-25-28-29-30-31-32-33-34-35-36-37-38-39-40-41-42-43-44-45-46-47-50-52-55-58-61-64-67-70-76(79)82-73-74(83-77(80)71-68-65-62-59-56-53-49-27-24-21-18-15-12-9-6-3)72-81-75(78)69-66-63-60-57-54-51-48-26-23-20-17-14-11-8-5-2/h7-12,16-21,25-28,30-31,33-34,36-37,39-40,42-43,45-46,48-49,56,59,65,68,74H,4-6,13-15,22-24,29,32,35,38,41,44,47,50-55,57-58,60-64,66-67,69-73H2,1-3H3/b10-7-,11-8-,12-9-,19-16-,20-17-,21-18-,28-25-,31-30-,34-33-,37-36-,40-39-,43-42-,46-45-,48-26-,49-27-,59-56-,68-65-. The van der Waals surface area contributed by atoms with Crippen molar-refractivity contribution in [2.75, 3.05) is 13.2 Å². The Morgan fingerprint density at radius 3 is 0.735 bits per heavy atom. The van der Waals surface area contributed by atoms with Crippen molar-refractivity contribution in [3.8, 4) is 0 Å². The van der Waals surface area contributed by atoms with Crippen molar-refractivity contribution in [1.29, 1.82) is 0 Å². The molecule has 1 atom stereocenters. The van der Waals surface area contributed by atoms with Gasteiger partial charge in [-0.3, -0.25) is 14.4 Å². The van der Waals surface area contributed by atoms with Gasteiger partial charge < -0.3 is 14.2 Å². The molecule has 0 heterocycles. The van der Waals surface area contributed by atoms with Crippen LogP contribution in [0.15, 0.2) is 207 Å². The molecule has 83 heavy (non-hydrogen) atoms. The SMILES string of the molecule is CC/C=C\C/C=C\C/C=C\C/C=C\C/C=C\C/C=C\C/C=C\C/C=C\C/C=C\CCCCCCCCCC(=O)OCC(COC(=O)CCCCCCC/C=C\C/C=C\C/C=C\CC)OC(=O)C/C=C\C/C=C\C/C=C\C/C=C\C/C=C\CC. The number of ether oxygens (including phenoxy) is 3. The Hall–Kier alpha value is -6.01. The van der Waals surface area contributed by atoms with Gasteiger partial charge in [-0.05, 0) is 148 Å². The highest BCUT2D eigenvalue weighted by Gasteiger charge is 2.19. The average molecular weight is 1140 g/mol. The molecule has 0 aromatic heterocycles. The molecule has 0 aromatic carbocycles. The molecule has 460 valence electrons. The first-order valence-electron chi connectivity index (χ1n) is 32.6. The lowest BCUT2D eigenvalue weighted by Gasteiger charge is -2.18. The number of esters is 3. The summed E-state index contributed by atoms with van der Waals surface area (Å²) >= 11 is 0. The van der Waals surface area contributed by atoms with E-state index in [1.807, 2.05) is 6.08 Å². The van der Waals surface area contributed by atoms with Crippen molar-refractivity contribution in [3.05, 3.63) is 207 Å². The zero-order chi connectivity index (χ0) is 59.9. The summed E-state index contributed by atoms with van der Waals surface area (Å²) in [6.07, 6.45) is 106. The van der Waals surface area contributed by atoms with E-state index in [4.69, 9.17) is 14.2 Å². The molecular formula is C77H116O6. The predicted molar refractivity (Wildman–Crippen MR) is 361 cm³/mol. The third kappa shape index (κ3) is 66.7. The van der Waals surface area contributed by atoms with Gasteiger partial charge in [0, 0.05) is 12.8 Å². The van der Waals surface area contributed by atoms with Crippen molar-refractivity contribution < 1.29 is 28.6 Å². The monoisotopic (exact) mass is 1140 g/mol. The van der Waals surface area contributed by atoms with Crippen molar-refractivity contribution in [3.63, 3.8) is 0 Å². The van der Waals surface area contributed by atoms with Gasteiger partial charge in [-0.1, -0.05) is 279 Å². The van der Waals surface area contributed by atoms with Crippen LogP contribution < -0.4 is 0 Å². The fraction of sp³-hybridized carbons (Fsp3) is 0.519. The molecule has 1 unspecified atom stereocenters. The molecule has 0 aliphatic rings. The van der Waals surface area contributed by atoms with E-state index < -0.39 is 12.1 Å². The molecule has 0 saturated carbocycles. The van der Waals surface area contributed by atoms with Gasteiger partial charge in [0.2, 0.25) is 0 Å². The van der Waals surface area contributed by atoms with E-state index in [9.17, 15) is 14.4 Å². The number of hydrogen-bond acceptors (Lipinski definition) is 6. The molecule has 0 N–H and O–H groups in total. The number of carbonyl (C=O) groups is 3. The van der Waals surface area contributed by atoms with Crippen LogP contribution in [0.1, 0.15) is 239 Å². The normalized spacial score (nSPS) is 13.5. The summed E-state index contributed by atoms with van der Waals surface area (Å²) in [5.41, 5.74) is 0. The molecule has 0 fully saturated rings. The largest absolute Gasteiger partial charge is 0.462 e. The highest BCUT2D eigenvalue weighted by molar-refractivity contribution is 5.72. The van der Waals surface area contributed by atoms with Crippen LogP contribution in [0.25, 0.3) is 0 Å². The van der Waals surface area contributed by atoms with E-state index in [0.717, 1.165) is 173 Å². The molecule has 0 radical (unpaired) electrons. The minimum Gasteiger partial charge on any atom is -0.462 e. The van der Waals surface area contributed by atoms with Crippen molar-refractivity contribution in [1.82, 2.24) is 0 Å². The minimum absolute atomic E-state index is 0.0797. The lowest BCUT2D eigenvalue weighted by molar-refractivity contribution is -0.166. The third-order valence-corrected chi connectivity index (χ3v) is 12.8. The molecule has 0 spiro atoms. The molecule has 0 aromatic rings. The van der Waals surface area contributed by atoms with E-state index in [1.165, 1.54) is 19.3 Å². The Kier molecular flexibility index (Phi) is 63.5. The second kappa shape index (κ2) is 68.5. The average Bonchev–Trinajstić information content (AvgIpc) is 3.49. The van der Waals surface area contributed by atoms with Crippen LogP contribution in [-0.4, -0.2) is 37.2 Å². The lowest BCUT2D eigenvalue weighted by Crippen LogP contribution is -2.30. The quantitative estimate of drug-likeness (QED) is 0.0261. The smallest absolute Gasteiger partial charge is 0.310 e. The number of allylic oxidation sites excluding steroid dienone is 33. The summed E-state index contributed by atoms with van der Waals surface area (Å²) in [6, 6.07) is 0. The molecule has 0 rings (SSSR count). The first kappa shape index (κ1) is 77.0. The molecule has 0 bridgehead atoms. The maximum absolute atomic E-state index is 12.8. The van der Waals surface area contributed by atoms with Gasteiger partial charge in [0.1, 0.15) is 13.2 Å². The van der Waals surface area contributed by atoms with Gasteiger partial charge >= 0.3 is 17.9 Å². The summed E-state index contributed by atoms with van der Waals surface area (Å²) in [6.45, 7) is 6.17. The summed E-state index contributed by atoms with van der Waals surface area (Å²) < 4.78 is 16.8. The Morgan fingerprint density at radius 1 is 0.253 bits per heavy atom.